The second-order valence-electron chi connectivity index (χ2n) is 6.18. The Bertz CT molecular complexity index is 442. The van der Waals surface area contributed by atoms with Crippen LogP contribution < -0.4 is 5.73 Å². The maximum atomic E-state index is 6.08. The monoisotopic (exact) mass is 295 g/mol. The Kier molecular flexibility index (Phi) is 4.38. The first-order valence-corrected chi connectivity index (χ1v) is 8.86. The molecule has 3 atom stereocenters. The molecule has 3 rings (SSSR count). The summed E-state index contributed by atoms with van der Waals surface area (Å²) in [7, 11) is 0. The van der Waals surface area contributed by atoms with Crippen molar-refractivity contribution in [2.24, 2.45) is 5.73 Å². The molecule has 0 aliphatic carbocycles. The van der Waals surface area contributed by atoms with Gasteiger partial charge in [0.15, 0.2) is 0 Å². The van der Waals surface area contributed by atoms with Crippen molar-refractivity contribution in [3.05, 3.63) is 18.0 Å². The van der Waals surface area contributed by atoms with Crippen molar-refractivity contribution in [1.29, 1.82) is 0 Å². The van der Waals surface area contributed by atoms with Crippen molar-refractivity contribution in [2.45, 2.75) is 56.7 Å². The average molecular weight is 295 g/mol. The molecule has 1 aromatic heterocycles. The first-order chi connectivity index (χ1) is 9.71. The van der Waals surface area contributed by atoms with Gasteiger partial charge in [0, 0.05) is 24.6 Å². The number of rotatable bonds is 4. The molecule has 0 bridgehead atoms. The molecular formula is C15H25N3OS. The minimum absolute atomic E-state index is 0.125. The first kappa shape index (κ1) is 14.4. The third kappa shape index (κ3) is 3.05. The zero-order valence-corrected chi connectivity index (χ0v) is 13.1. The topological polar surface area (TPSA) is 53.1 Å². The van der Waals surface area contributed by atoms with Crippen molar-refractivity contribution in [3.8, 4) is 0 Å². The molecule has 2 aliphatic rings. The number of nitrogens with two attached hydrogens (primary N) is 1. The highest BCUT2D eigenvalue weighted by molar-refractivity contribution is 7.99. The van der Waals surface area contributed by atoms with Crippen LogP contribution in [0.2, 0.25) is 0 Å². The molecule has 4 nitrogen and oxygen atoms in total. The lowest BCUT2D eigenvalue weighted by Gasteiger charge is -2.37. The van der Waals surface area contributed by atoms with Gasteiger partial charge in [-0.05, 0) is 43.4 Å². The summed E-state index contributed by atoms with van der Waals surface area (Å²) in [4.78, 5) is 0. The van der Waals surface area contributed by atoms with E-state index in [-0.39, 0.29) is 11.6 Å². The summed E-state index contributed by atoms with van der Waals surface area (Å²) in [5.74, 6) is 2.39. The number of aromatic nitrogens is 2. The average Bonchev–Trinajstić information content (AvgIpc) is 3.09. The minimum Gasteiger partial charge on any atom is -0.374 e. The summed E-state index contributed by atoms with van der Waals surface area (Å²) in [6.45, 7) is 3.00. The van der Waals surface area contributed by atoms with E-state index in [1.807, 2.05) is 18.0 Å². The molecule has 0 aromatic carbocycles. The molecule has 0 radical (unpaired) electrons. The molecule has 0 amide bonds. The molecule has 1 aromatic rings. The molecule has 2 N–H and O–H groups in total. The van der Waals surface area contributed by atoms with Gasteiger partial charge in [-0.3, -0.25) is 4.68 Å². The zero-order valence-electron chi connectivity index (χ0n) is 12.3. The predicted molar refractivity (Wildman–Crippen MR) is 83.1 cm³/mol. The molecular weight excluding hydrogens is 270 g/mol. The van der Waals surface area contributed by atoms with E-state index in [9.17, 15) is 0 Å². The summed E-state index contributed by atoms with van der Waals surface area (Å²) >= 11 is 2.02. The Balaban J connectivity index is 1.66. The van der Waals surface area contributed by atoms with Crippen LogP contribution in [0, 0.1) is 0 Å². The number of ether oxygens (including phenoxy) is 1. The molecule has 0 saturated carbocycles. The lowest BCUT2D eigenvalue weighted by molar-refractivity contribution is -0.0778. The Hall–Kier alpha value is -0.520. The molecule has 2 aliphatic heterocycles. The molecule has 1 spiro atoms. The van der Waals surface area contributed by atoms with Gasteiger partial charge in [-0.1, -0.05) is 6.92 Å². The predicted octanol–water partition coefficient (Wildman–Crippen LogP) is 2.39. The SMILES string of the molecule is CCC(N)Cc1cnn(C2CCOC3(CCSC3)C2)c1. The lowest BCUT2D eigenvalue weighted by Crippen LogP contribution is -2.40. The highest BCUT2D eigenvalue weighted by Gasteiger charge is 2.41. The van der Waals surface area contributed by atoms with Crippen LogP contribution in [0.15, 0.2) is 12.4 Å². The standard InChI is InChI=1S/C15H25N3OS/c1-2-13(16)7-12-9-17-18(10-12)14-3-5-19-15(8-14)4-6-20-11-15/h9-10,13-14H,2-8,11,16H2,1H3. The Morgan fingerprint density at radius 2 is 2.55 bits per heavy atom. The smallest absolute Gasteiger partial charge is 0.0800 e. The first-order valence-electron chi connectivity index (χ1n) is 7.71. The van der Waals surface area contributed by atoms with Crippen LogP contribution in [0.5, 0.6) is 0 Å². The van der Waals surface area contributed by atoms with Gasteiger partial charge in [-0.25, -0.2) is 0 Å². The van der Waals surface area contributed by atoms with E-state index in [4.69, 9.17) is 10.5 Å². The fourth-order valence-electron chi connectivity index (χ4n) is 3.22. The molecule has 5 heteroatoms. The highest BCUT2D eigenvalue weighted by atomic mass is 32.2. The molecule has 2 saturated heterocycles. The van der Waals surface area contributed by atoms with Crippen LogP contribution in [0.4, 0.5) is 0 Å². The fourth-order valence-corrected chi connectivity index (χ4v) is 4.60. The van der Waals surface area contributed by atoms with Crippen molar-refractivity contribution >= 4 is 11.8 Å². The quantitative estimate of drug-likeness (QED) is 0.926. The minimum atomic E-state index is 0.125. The summed E-state index contributed by atoms with van der Waals surface area (Å²) in [5, 5.41) is 4.58. The number of hydrogen-bond acceptors (Lipinski definition) is 4. The van der Waals surface area contributed by atoms with Gasteiger partial charge < -0.3 is 10.5 Å². The number of thioether (sulfide) groups is 1. The third-order valence-corrected chi connectivity index (χ3v) is 5.81. The second kappa shape index (κ2) is 6.08. The maximum absolute atomic E-state index is 6.08. The molecule has 112 valence electrons. The highest BCUT2D eigenvalue weighted by Crippen LogP contribution is 2.41. The molecule has 3 heterocycles. The summed E-state index contributed by atoms with van der Waals surface area (Å²) in [6, 6.07) is 0.744. The van der Waals surface area contributed by atoms with Crippen LogP contribution in [0.1, 0.15) is 44.2 Å². The van der Waals surface area contributed by atoms with Gasteiger partial charge in [0.1, 0.15) is 0 Å². The summed E-state index contributed by atoms with van der Waals surface area (Å²) in [5.41, 5.74) is 7.42. The largest absolute Gasteiger partial charge is 0.374 e. The Morgan fingerprint density at radius 3 is 3.30 bits per heavy atom. The normalized spacial score (nSPS) is 31.8. The van der Waals surface area contributed by atoms with Crippen LogP contribution in [0.25, 0.3) is 0 Å². The van der Waals surface area contributed by atoms with E-state index in [0.717, 1.165) is 38.0 Å². The third-order valence-electron chi connectivity index (χ3n) is 4.59. The van der Waals surface area contributed by atoms with E-state index >= 15 is 0 Å². The lowest BCUT2D eigenvalue weighted by atomic mass is 9.90. The Labute approximate surface area is 125 Å². The van der Waals surface area contributed by atoms with Crippen molar-refractivity contribution in [1.82, 2.24) is 9.78 Å². The van der Waals surface area contributed by atoms with Crippen LogP contribution in [0.3, 0.4) is 0 Å². The van der Waals surface area contributed by atoms with E-state index in [2.05, 4.69) is 22.9 Å². The molecule has 2 fully saturated rings. The van der Waals surface area contributed by atoms with Gasteiger partial charge >= 0.3 is 0 Å². The van der Waals surface area contributed by atoms with Gasteiger partial charge in [-0.2, -0.15) is 16.9 Å². The second-order valence-corrected chi connectivity index (χ2v) is 7.29. The van der Waals surface area contributed by atoms with E-state index in [1.54, 1.807) is 0 Å². The molecule has 3 unspecified atom stereocenters. The maximum Gasteiger partial charge on any atom is 0.0800 e. The zero-order chi connectivity index (χ0) is 14.0. The Morgan fingerprint density at radius 1 is 1.65 bits per heavy atom. The summed E-state index contributed by atoms with van der Waals surface area (Å²) in [6.07, 6.45) is 9.52. The van der Waals surface area contributed by atoms with E-state index in [0.29, 0.717) is 6.04 Å². The fraction of sp³-hybridized carbons (Fsp3) is 0.800. The van der Waals surface area contributed by atoms with Crippen LogP contribution in [-0.2, 0) is 11.2 Å². The van der Waals surface area contributed by atoms with Gasteiger partial charge in [0.25, 0.3) is 0 Å². The van der Waals surface area contributed by atoms with Crippen molar-refractivity contribution in [2.75, 3.05) is 18.1 Å². The van der Waals surface area contributed by atoms with Gasteiger partial charge in [0.2, 0.25) is 0 Å². The number of hydrogen-bond donors (Lipinski definition) is 1. The van der Waals surface area contributed by atoms with Crippen LogP contribution >= 0.6 is 11.8 Å². The van der Waals surface area contributed by atoms with Crippen molar-refractivity contribution < 1.29 is 4.74 Å². The van der Waals surface area contributed by atoms with Gasteiger partial charge in [0.05, 0.1) is 17.8 Å². The van der Waals surface area contributed by atoms with E-state index < -0.39 is 0 Å². The van der Waals surface area contributed by atoms with Gasteiger partial charge in [-0.15, -0.1) is 0 Å². The summed E-state index contributed by atoms with van der Waals surface area (Å²) < 4.78 is 8.24. The number of nitrogens with zero attached hydrogens (tertiary/aromatic N) is 2. The van der Waals surface area contributed by atoms with Crippen molar-refractivity contribution in [3.63, 3.8) is 0 Å². The van der Waals surface area contributed by atoms with E-state index in [1.165, 1.54) is 17.7 Å². The molecule has 20 heavy (non-hydrogen) atoms. The van der Waals surface area contributed by atoms with Crippen LogP contribution in [-0.4, -0.2) is 39.5 Å².